The van der Waals surface area contributed by atoms with E-state index in [4.69, 9.17) is 0 Å². The van der Waals surface area contributed by atoms with Crippen LogP contribution in [0.15, 0.2) is 60.2 Å². The fourth-order valence-corrected chi connectivity index (χ4v) is 8.68. The molecule has 2 aromatic rings. The molecule has 0 aliphatic heterocycles. The zero-order chi connectivity index (χ0) is 19.9. The van der Waals surface area contributed by atoms with Gasteiger partial charge in [0.1, 0.15) is 0 Å². The Morgan fingerprint density at radius 2 is 1.44 bits per heavy atom. The summed E-state index contributed by atoms with van der Waals surface area (Å²) in [4.78, 5) is 6.52. The fourth-order valence-electron chi connectivity index (χ4n) is 4.42. The average Bonchev–Trinajstić information content (AvgIpc) is 3.32. The molecular weight excluding hydrogens is 366 g/mol. The molecule has 0 radical (unpaired) electrons. The van der Waals surface area contributed by atoms with E-state index in [0.717, 1.165) is 6.42 Å². The second kappa shape index (κ2) is 7.38. The van der Waals surface area contributed by atoms with E-state index in [1.807, 2.05) is 12.4 Å². The summed E-state index contributed by atoms with van der Waals surface area (Å²) in [7, 11) is 3.01. The second-order valence-corrected chi connectivity index (χ2v) is 14.3. The van der Waals surface area contributed by atoms with Crippen molar-refractivity contribution in [3.63, 3.8) is 0 Å². The number of aromatic nitrogens is 2. The predicted octanol–water partition coefficient (Wildman–Crippen LogP) is 6.80. The van der Waals surface area contributed by atoms with E-state index in [1.165, 1.54) is 28.4 Å². The van der Waals surface area contributed by atoms with Crippen LogP contribution in [0, 0.1) is 0 Å². The second-order valence-electron chi connectivity index (χ2n) is 9.55. The fraction of sp³-hybridized carbons (Fsp3) is 0.478. The van der Waals surface area contributed by atoms with Crippen LogP contribution in [0.5, 0.6) is 0 Å². The van der Waals surface area contributed by atoms with Crippen LogP contribution in [0.25, 0.3) is 0 Å². The molecule has 0 bridgehead atoms. The Kier molecular flexibility index (Phi) is 5.64. The summed E-state index contributed by atoms with van der Waals surface area (Å²) in [5.41, 5.74) is 5.66. The standard InChI is InChI=1S/C23H34N2P2/c1-21(2,3)27(22(4,5)6)16-17-8-7-9-20(17)23(26,18-10-12-24-14-18)19-11-13-25-15-19/h7-8,10-15,24-25H,9,16,26H2,1-6H3. The first-order chi connectivity index (χ1) is 12.5. The molecule has 2 heterocycles. The molecule has 2 nitrogen and oxygen atoms in total. The normalized spacial score (nSPS) is 16.0. The molecule has 0 fully saturated rings. The lowest BCUT2D eigenvalue weighted by Crippen LogP contribution is -2.28. The van der Waals surface area contributed by atoms with E-state index >= 15 is 0 Å². The summed E-state index contributed by atoms with van der Waals surface area (Å²) in [5, 5.41) is 0.470. The number of hydrogen-bond acceptors (Lipinski definition) is 0. The maximum atomic E-state index is 3.26. The molecule has 27 heavy (non-hydrogen) atoms. The summed E-state index contributed by atoms with van der Waals surface area (Å²) in [5.74, 6) is 0. The van der Waals surface area contributed by atoms with Crippen molar-refractivity contribution in [1.82, 2.24) is 9.97 Å². The van der Waals surface area contributed by atoms with Gasteiger partial charge in [-0.25, -0.2) is 0 Å². The molecule has 4 heteroatoms. The minimum Gasteiger partial charge on any atom is -0.367 e. The smallest absolute Gasteiger partial charge is 0.0590 e. The molecule has 2 N–H and O–H groups in total. The van der Waals surface area contributed by atoms with Crippen molar-refractivity contribution in [3.8, 4) is 0 Å². The van der Waals surface area contributed by atoms with Gasteiger partial charge in [-0.2, -0.15) is 0 Å². The molecule has 1 atom stereocenters. The Balaban J connectivity index is 2.10. The van der Waals surface area contributed by atoms with E-state index < -0.39 is 0 Å². The Morgan fingerprint density at radius 3 is 1.85 bits per heavy atom. The van der Waals surface area contributed by atoms with Gasteiger partial charge in [-0.15, -0.1) is 9.24 Å². The number of H-pyrrole nitrogens is 2. The largest absolute Gasteiger partial charge is 0.367 e. The Labute approximate surface area is 168 Å². The highest BCUT2D eigenvalue weighted by Gasteiger charge is 2.39. The van der Waals surface area contributed by atoms with Crippen molar-refractivity contribution < 1.29 is 0 Å². The highest BCUT2D eigenvalue weighted by atomic mass is 31.1. The minimum absolute atomic E-state index is 0.176. The summed E-state index contributed by atoms with van der Waals surface area (Å²) in [6, 6.07) is 4.42. The molecule has 0 amide bonds. The Morgan fingerprint density at radius 1 is 0.926 bits per heavy atom. The van der Waals surface area contributed by atoms with Gasteiger partial charge < -0.3 is 9.97 Å². The van der Waals surface area contributed by atoms with Gasteiger partial charge in [0.15, 0.2) is 0 Å². The zero-order valence-corrected chi connectivity index (χ0v) is 19.6. The molecule has 2 aromatic heterocycles. The summed E-state index contributed by atoms with van der Waals surface area (Å²) in [6.07, 6.45) is 15.3. The first-order valence-corrected chi connectivity index (χ1v) is 11.9. The molecule has 146 valence electrons. The monoisotopic (exact) mass is 400 g/mol. The topological polar surface area (TPSA) is 31.6 Å². The van der Waals surface area contributed by atoms with Crippen molar-refractivity contribution in [3.05, 3.63) is 71.3 Å². The van der Waals surface area contributed by atoms with Crippen LogP contribution in [-0.4, -0.2) is 26.4 Å². The van der Waals surface area contributed by atoms with E-state index in [-0.39, 0.29) is 13.1 Å². The third kappa shape index (κ3) is 4.03. The molecule has 1 aliphatic rings. The van der Waals surface area contributed by atoms with Gasteiger partial charge in [-0.05, 0) is 57.3 Å². The number of allylic oxidation sites excluding steroid dienone is 4. The van der Waals surface area contributed by atoms with E-state index in [9.17, 15) is 0 Å². The minimum atomic E-state index is -0.185. The predicted molar refractivity (Wildman–Crippen MR) is 124 cm³/mol. The lowest BCUT2D eigenvalue weighted by molar-refractivity contribution is 0.706. The van der Waals surface area contributed by atoms with Crippen molar-refractivity contribution in [2.24, 2.45) is 0 Å². The van der Waals surface area contributed by atoms with Crippen LogP contribution in [-0.2, 0) is 5.16 Å². The van der Waals surface area contributed by atoms with Gasteiger partial charge in [0.05, 0.1) is 5.16 Å². The molecule has 1 aliphatic carbocycles. The van der Waals surface area contributed by atoms with Crippen LogP contribution in [0.3, 0.4) is 0 Å². The van der Waals surface area contributed by atoms with Crippen molar-refractivity contribution in [1.29, 1.82) is 0 Å². The van der Waals surface area contributed by atoms with Gasteiger partial charge in [-0.1, -0.05) is 61.6 Å². The van der Waals surface area contributed by atoms with Gasteiger partial charge in [0.2, 0.25) is 0 Å². The molecule has 1 unspecified atom stereocenters. The third-order valence-electron chi connectivity index (χ3n) is 5.56. The van der Waals surface area contributed by atoms with E-state index in [0.29, 0.717) is 10.3 Å². The first-order valence-electron chi connectivity index (χ1n) is 9.77. The van der Waals surface area contributed by atoms with Crippen molar-refractivity contribution in [2.45, 2.75) is 63.4 Å². The zero-order valence-electron chi connectivity index (χ0n) is 17.6. The molecular formula is C23H34N2P2. The lowest BCUT2D eigenvalue weighted by Gasteiger charge is -2.42. The third-order valence-corrected chi connectivity index (χ3v) is 10.5. The van der Waals surface area contributed by atoms with Crippen LogP contribution < -0.4 is 0 Å². The molecule has 0 aromatic carbocycles. The number of aromatic amines is 2. The summed E-state index contributed by atoms with van der Waals surface area (Å²) >= 11 is 0. The van der Waals surface area contributed by atoms with Crippen LogP contribution in [0.4, 0.5) is 0 Å². The Hall–Kier alpha value is -1.10. The van der Waals surface area contributed by atoms with Gasteiger partial charge >= 0.3 is 0 Å². The average molecular weight is 400 g/mol. The SMILES string of the molecule is CC(C)(C)P(CC1=C(C(P)(c2cc[nH]c2)c2cc[nH]c2)CC=C1)C(C)(C)C. The van der Waals surface area contributed by atoms with Gasteiger partial charge in [0, 0.05) is 24.8 Å². The van der Waals surface area contributed by atoms with Crippen molar-refractivity contribution >= 4 is 17.2 Å². The molecule has 0 saturated carbocycles. The van der Waals surface area contributed by atoms with E-state index in [1.54, 1.807) is 0 Å². The van der Waals surface area contributed by atoms with Crippen LogP contribution >= 0.6 is 17.2 Å². The Bertz CT molecular complexity index is 765. The molecule has 0 saturated heterocycles. The number of rotatable bonds is 5. The summed E-state index contributed by atoms with van der Waals surface area (Å²) < 4.78 is 0. The quantitative estimate of drug-likeness (QED) is 0.518. The van der Waals surface area contributed by atoms with Crippen LogP contribution in [0.1, 0.15) is 59.1 Å². The summed E-state index contributed by atoms with van der Waals surface area (Å²) in [6.45, 7) is 14.5. The maximum absolute atomic E-state index is 3.26. The molecule has 0 spiro atoms. The van der Waals surface area contributed by atoms with Gasteiger partial charge in [-0.3, -0.25) is 0 Å². The first kappa shape index (κ1) is 20.6. The van der Waals surface area contributed by atoms with E-state index in [2.05, 4.69) is 97.4 Å². The number of hydrogen-bond donors (Lipinski definition) is 2. The highest BCUT2D eigenvalue weighted by molar-refractivity contribution is 7.61. The maximum Gasteiger partial charge on any atom is 0.0590 e. The van der Waals surface area contributed by atoms with Crippen LogP contribution in [0.2, 0.25) is 0 Å². The van der Waals surface area contributed by atoms with Crippen molar-refractivity contribution in [2.75, 3.05) is 6.16 Å². The van der Waals surface area contributed by atoms with Gasteiger partial charge in [0.25, 0.3) is 0 Å². The lowest BCUT2D eigenvalue weighted by atomic mass is 9.84. The highest BCUT2D eigenvalue weighted by Crippen LogP contribution is 2.61. The number of nitrogens with one attached hydrogen (secondary N) is 2. The molecule has 3 rings (SSSR count).